The second kappa shape index (κ2) is 7.25. The Hall–Kier alpha value is -1.10. The van der Waals surface area contributed by atoms with Crippen LogP contribution < -0.4 is 5.32 Å². The number of Topliss-reactive ketones (excluding diaryl/α,β-unsaturated/α-hetero) is 1. The number of rotatable bonds is 5. The first-order valence-corrected chi connectivity index (χ1v) is 7.85. The van der Waals surface area contributed by atoms with Crippen LogP contribution in [0.15, 0.2) is 12.1 Å². The molecule has 1 fully saturated rings. The van der Waals surface area contributed by atoms with Crippen molar-refractivity contribution in [3.8, 4) is 5.75 Å². The van der Waals surface area contributed by atoms with Crippen molar-refractivity contribution in [2.45, 2.75) is 26.2 Å². The summed E-state index contributed by atoms with van der Waals surface area (Å²) in [5.74, 6) is 0.165. The molecule has 4 nitrogen and oxygen atoms in total. The lowest BCUT2D eigenvalue weighted by molar-refractivity contribution is 0.0958. The predicted molar refractivity (Wildman–Crippen MR) is 85.5 cm³/mol. The van der Waals surface area contributed by atoms with Crippen LogP contribution in [0.4, 0.5) is 0 Å². The molecule has 2 N–H and O–H groups in total. The first-order valence-electron chi connectivity index (χ1n) is 7.47. The van der Waals surface area contributed by atoms with E-state index in [-0.39, 0.29) is 17.5 Å². The summed E-state index contributed by atoms with van der Waals surface area (Å²) in [6, 6.07) is 3.30. The fourth-order valence-electron chi connectivity index (χ4n) is 2.60. The number of hydrogen-bond acceptors (Lipinski definition) is 4. The molecule has 0 aromatic heterocycles. The highest BCUT2D eigenvalue weighted by atomic mass is 35.5. The highest BCUT2D eigenvalue weighted by Gasteiger charge is 2.19. The number of nitrogens with one attached hydrogen (secondary N) is 1. The second-order valence-corrected chi connectivity index (χ2v) is 6.25. The monoisotopic (exact) mass is 310 g/mol. The summed E-state index contributed by atoms with van der Waals surface area (Å²) in [7, 11) is 0. The molecule has 1 saturated heterocycles. The second-order valence-electron chi connectivity index (χ2n) is 5.81. The molecule has 1 aromatic rings. The summed E-state index contributed by atoms with van der Waals surface area (Å²) in [5, 5.41) is 14.1. The van der Waals surface area contributed by atoms with Crippen molar-refractivity contribution in [2.24, 2.45) is 0 Å². The molecule has 1 heterocycles. The molecule has 21 heavy (non-hydrogen) atoms. The van der Waals surface area contributed by atoms with Crippen LogP contribution in [0, 0.1) is 0 Å². The van der Waals surface area contributed by atoms with Gasteiger partial charge in [0.1, 0.15) is 5.75 Å². The average Bonchev–Trinajstić information content (AvgIpc) is 2.47. The lowest BCUT2D eigenvalue weighted by Gasteiger charge is -2.26. The minimum Gasteiger partial charge on any atom is -0.507 e. The van der Waals surface area contributed by atoms with Gasteiger partial charge in [-0.05, 0) is 23.6 Å². The summed E-state index contributed by atoms with van der Waals surface area (Å²) >= 11 is 6.08. The molecule has 0 spiro atoms. The Bertz CT molecular complexity index is 511. The van der Waals surface area contributed by atoms with Crippen molar-refractivity contribution in [3.05, 3.63) is 28.3 Å². The van der Waals surface area contributed by atoms with Crippen LogP contribution in [-0.2, 0) is 0 Å². The zero-order valence-corrected chi connectivity index (χ0v) is 13.4. The fraction of sp³-hybridized carbons (Fsp3) is 0.562. The van der Waals surface area contributed by atoms with Gasteiger partial charge in [0.05, 0.1) is 5.56 Å². The molecular formula is C16H23ClN2O2. The maximum absolute atomic E-state index is 12.4. The summed E-state index contributed by atoms with van der Waals surface area (Å²) in [6.45, 7) is 8.53. The Labute approximate surface area is 131 Å². The van der Waals surface area contributed by atoms with Crippen molar-refractivity contribution in [1.29, 1.82) is 0 Å². The molecule has 5 heteroatoms. The lowest BCUT2D eigenvalue weighted by Crippen LogP contribution is -2.44. The number of halogens is 1. The average molecular weight is 311 g/mol. The fourth-order valence-corrected chi connectivity index (χ4v) is 2.83. The third-order valence-electron chi connectivity index (χ3n) is 3.89. The number of piperazine rings is 1. The van der Waals surface area contributed by atoms with Crippen LogP contribution in [0.5, 0.6) is 5.75 Å². The number of carbonyl (C=O) groups is 1. The van der Waals surface area contributed by atoms with Gasteiger partial charge in [-0.1, -0.05) is 25.4 Å². The van der Waals surface area contributed by atoms with Gasteiger partial charge in [0.15, 0.2) is 5.78 Å². The first kappa shape index (κ1) is 16.3. The molecule has 0 atom stereocenters. The molecule has 0 aliphatic carbocycles. The van der Waals surface area contributed by atoms with Gasteiger partial charge in [-0.25, -0.2) is 0 Å². The van der Waals surface area contributed by atoms with E-state index in [9.17, 15) is 9.90 Å². The van der Waals surface area contributed by atoms with Crippen LogP contribution in [0.2, 0.25) is 5.02 Å². The predicted octanol–water partition coefficient (Wildman–Crippen LogP) is 2.65. The molecule has 1 aliphatic heterocycles. The number of carbonyl (C=O) groups excluding carboxylic acids is 1. The lowest BCUT2D eigenvalue weighted by atomic mass is 9.96. The van der Waals surface area contributed by atoms with Gasteiger partial charge in [0.2, 0.25) is 0 Å². The molecule has 0 amide bonds. The van der Waals surface area contributed by atoms with Crippen molar-refractivity contribution >= 4 is 17.4 Å². The van der Waals surface area contributed by atoms with Crippen LogP contribution in [-0.4, -0.2) is 48.5 Å². The topological polar surface area (TPSA) is 52.6 Å². The molecule has 0 unspecified atom stereocenters. The molecule has 116 valence electrons. The number of aromatic hydroxyl groups is 1. The molecular weight excluding hydrogens is 288 g/mol. The quantitative estimate of drug-likeness (QED) is 0.821. The third kappa shape index (κ3) is 4.19. The van der Waals surface area contributed by atoms with E-state index in [2.05, 4.69) is 10.2 Å². The minimum atomic E-state index is -0.0459. The Kier molecular flexibility index (Phi) is 5.62. The maximum Gasteiger partial charge on any atom is 0.167 e. The normalized spacial score (nSPS) is 16.4. The minimum absolute atomic E-state index is 0.0459. The van der Waals surface area contributed by atoms with E-state index in [0.717, 1.165) is 38.3 Å². The smallest absolute Gasteiger partial charge is 0.167 e. The number of phenols is 1. The van der Waals surface area contributed by atoms with E-state index in [1.54, 1.807) is 12.1 Å². The van der Waals surface area contributed by atoms with Crippen LogP contribution in [0.1, 0.15) is 42.1 Å². The van der Waals surface area contributed by atoms with Crippen molar-refractivity contribution in [1.82, 2.24) is 10.2 Å². The van der Waals surface area contributed by atoms with E-state index < -0.39 is 0 Å². The standard InChI is InChI=1S/C16H23ClN2O2/c1-11(2)13-9-12(17)10-14(16(13)21)15(20)3-6-19-7-4-18-5-8-19/h9-11,18,21H,3-8H2,1-2H3. The summed E-state index contributed by atoms with van der Waals surface area (Å²) in [5.41, 5.74) is 1.08. The van der Waals surface area contributed by atoms with E-state index in [1.165, 1.54) is 0 Å². The van der Waals surface area contributed by atoms with Gasteiger partial charge in [-0.3, -0.25) is 4.79 Å². The Balaban J connectivity index is 2.07. The molecule has 2 rings (SSSR count). The Morgan fingerprint density at radius 1 is 1.38 bits per heavy atom. The summed E-state index contributed by atoms with van der Waals surface area (Å²) in [6.07, 6.45) is 0.408. The Morgan fingerprint density at radius 3 is 2.67 bits per heavy atom. The van der Waals surface area contributed by atoms with E-state index in [4.69, 9.17) is 11.6 Å². The van der Waals surface area contributed by atoms with E-state index in [0.29, 0.717) is 17.0 Å². The van der Waals surface area contributed by atoms with Crippen molar-refractivity contribution < 1.29 is 9.90 Å². The zero-order valence-electron chi connectivity index (χ0n) is 12.7. The summed E-state index contributed by atoms with van der Waals surface area (Å²) < 4.78 is 0. The van der Waals surface area contributed by atoms with E-state index >= 15 is 0 Å². The number of ketones is 1. The largest absolute Gasteiger partial charge is 0.507 e. The SMILES string of the molecule is CC(C)c1cc(Cl)cc(C(=O)CCN2CCNCC2)c1O. The third-order valence-corrected chi connectivity index (χ3v) is 4.11. The highest BCUT2D eigenvalue weighted by Crippen LogP contribution is 2.33. The number of phenolic OH excluding ortho intramolecular Hbond substituents is 1. The molecule has 0 saturated carbocycles. The molecule has 0 bridgehead atoms. The zero-order chi connectivity index (χ0) is 15.4. The number of nitrogens with zero attached hydrogens (tertiary/aromatic N) is 1. The maximum atomic E-state index is 12.4. The van der Waals surface area contributed by atoms with Crippen LogP contribution in [0.25, 0.3) is 0 Å². The summed E-state index contributed by atoms with van der Waals surface area (Å²) in [4.78, 5) is 14.6. The van der Waals surface area contributed by atoms with Crippen LogP contribution in [0.3, 0.4) is 0 Å². The molecule has 1 aromatic carbocycles. The van der Waals surface area contributed by atoms with Crippen LogP contribution >= 0.6 is 11.6 Å². The van der Waals surface area contributed by atoms with Gasteiger partial charge in [-0.2, -0.15) is 0 Å². The van der Waals surface area contributed by atoms with Crippen molar-refractivity contribution in [2.75, 3.05) is 32.7 Å². The number of hydrogen-bond donors (Lipinski definition) is 2. The highest BCUT2D eigenvalue weighted by molar-refractivity contribution is 6.31. The molecule has 0 radical (unpaired) electrons. The van der Waals surface area contributed by atoms with Gasteiger partial charge in [-0.15, -0.1) is 0 Å². The van der Waals surface area contributed by atoms with Gasteiger partial charge >= 0.3 is 0 Å². The first-order chi connectivity index (χ1) is 9.99. The van der Waals surface area contributed by atoms with Gasteiger partial charge in [0.25, 0.3) is 0 Å². The number of benzene rings is 1. The Morgan fingerprint density at radius 2 is 2.05 bits per heavy atom. The van der Waals surface area contributed by atoms with Gasteiger partial charge < -0.3 is 15.3 Å². The van der Waals surface area contributed by atoms with Gasteiger partial charge in [0, 0.05) is 44.2 Å². The van der Waals surface area contributed by atoms with Crippen molar-refractivity contribution in [3.63, 3.8) is 0 Å². The molecule has 1 aliphatic rings. The van der Waals surface area contributed by atoms with E-state index in [1.807, 2.05) is 13.8 Å².